The molecule has 0 unspecified atom stereocenters. The van der Waals surface area contributed by atoms with Crippen molar-refractivity contribution in [1.82, 2.24) is 19.9 Å². The van der Waals surface area contributed by atoms with Crippen molar-refractivity contribution in [3.05, 3.63) is 89.5 Å². The van der Waals surface area contributed by atoms with Gasteiger partial charge in [-0.05, 0) is 61.7 Å². The Morgan fingerprint density at radius 2 is 1.88 bits per heavy atom. The molecule has 0 saturated carbocycles. The first-order valence-electron chi connectivity index (χ1n) is 11.0. The molecule has 164 valence electrons. The van der Waals surface area contributed by atoms with Crippen LogP contribution in [0, 0.1) is 13.8 Å². The number of para-hydroxylation sites is 2. The van der Waals surface area contributed by atoms with Gasteiger partial charge in [0, 0.05) is 19.2 Å². The van der Waals surface area contributed by atoms with Gasteiger partial charge in [0.2, 0.25) is 0 Å². The van der Waals surface area contributed by atoms with Crippen molar-refractivity contribution in [2.45, 2.75) is 33.2 Å². The molecule has 0 spiro atoms. The van der Waals surface area contributed by atoms with E-state index in [1.54, 1.807) is 18.3 Å². The number of rotatable bonds is 9. The number of ether oxygens (including phenoxy) is 1. The SMILES string of the molecule is Cc1cccc(OCCn2c(CCCNC(=O)c3ccccn3)nc3ccccc32)c1C. The number of nitrogens with zero attached hydrogens (tertiary/aromatic N) is 3. The lowest BCUT2D eigenvalue weighted by Gasteiger charge is -2.13. The van der Waals surface area contributed by atoms with E-state index in [2.05, 4.69) is 40.8 Å². The zero-order chi connectivity index (χ0) is 22.3. The quantitative estimate of drug-likeness (QED) is 0.399. The molecule has 6 heteroatoms. The summed E-state index contributed by atoms with van der Waals surface area (Å²) in [6.07, 6.45) is 3.18. The van der Waals surface area contributed by atoms with Crippen LogP contribution < -0.4 is 10.1 Å². The Morgan fingerprint density at radius 1 is 1.03 bits per heavy atom. The molecule has 2 aromatic heterocycles. The number of carbonyl (C=O) groups is 1. The van der Waals surface area contributed by atoms with Crippen LogP contribution in [0.5, 0.6) is 5.75 Å². The highest BCUT2D eigenvalue weighted by atomic mass is 16.5. The predicted octanol–water partition coefficient (Wildman–Crippen LogP) is 4.49. The Kier molecular flexibility index (Phi) is 6.80. The Balaban J connectivity index is 1.39. The number of imidazole rings is 1. The molecule has 4 aromatic rings. The maximum atomic E-state index is 12.2. The van der Waals surface area contributed by atoms with E-state index in [0.29, 0.717) is 25.4 Å². The highest BCUT2D eigenvalue weighted by Gasteiger charge is 2.12. The number of aryl methyl sites for hydroxylation is 2. The largest absolute Gasteiger partial charge is 0.491 e. The first-order valence-corrected chi connectivity index (χ1v) is 11.0. The predicted molar refractivity (Wildman–Crippen MR) is 126 cm³/mol. The summed E-state index contributed by atoms with van der Waals surface area (Å²) in [5, 5.41) is 2.94. The van der Waals surface area contributed by atoms with E-state index in [9.17, 15) is 4.79 Å². The van der Waals surface area contributed by atoms with E-state index in [4.69, 9.17) is 9.72 Å². The highest BCUT2D eigenvalue weighted by Crippen LogP contribution is 2.21. The molecular weight excluding hydrogens is 400 g/mol. The molecule has 0 saturated heterocycles. The fourth-order valence-corrected chi connectivity index (χ4v) is 3.73. The number of hydrogen-bond donors (Lipinski definition) is 1. The molecule has 6 nitrogen and oxygen atoms in total. The molecule has 32 heavy (non-hydrogen) atoms. The molecule has 4 rings (SSSR count). The molecule has 0 fully saturated rings. The van der Waals surface area contributed by atoms with Crippen LogP contribution in [-0.4, -0.2) is 33.6 Å². The normalized spacial score (nSPS) is 10.9. The first-order chi connectivity index (χ1) is 15.6. The van der Waals surface area contributed by atoms with Crippen molar-refractivity contribution in [2.75, 3.05) is 13.2 Å². The van der Waals surface area contributed by atoms with Crippen molar-refractivity contribution >= 4 is 16.9 Å². The van der Waals surface area contributed by atoms with Gasteiger partial charge < -0.3 is 14.6 Å². The minimum absolute atomic E-state index is 0.152. The van der Waals surface area contributed by atoms with Gasteiger partial charge in [-0.1, -0.05) is 30.3 Å². The smallest absolute Gasteiger partial charge is 0.269 e. The Bertz CT molecular complexity index is 1200. The van der Waals surface area contributed by atoms with Gasteiger partial charge in [-0.15, -0.1) is 0 Å². The number of nitrogens with one attached hydrogen (secondary N) is 1. The standard InChI is InChI=1S/C26H28N4O2/c1-19-9-7-13-24(20(19)2)32-18-17-30-23-12-4-3-10-21(23)29-25(30)14-8-16-28-26(31)22-11-5-6-15-27-22/h3-7,9-13,15H,8,14,16-18H2,1-2H3,(H,28,31). The van der Waals surface area contributed by atoms with E-state index >= 15 is 0 Å². The summed E-state index contributed by atoms with van der Waals surface area (Å²) in [5.41, 5.74) is 4.91. The average molecular weight is 429 g/mol. The van der Waals surface area contributed by atoms with Crippen LogP contribution in [0.1, 0.15) is 33.9 Å². The number of benzene rings is 2. The molecule has 0 aliphatic carbocycles. The van der Waals surface area contributed by atoms with Crippen molar-refractivity contribution in [3.63, 3.8) is 0 Å². The average Bonchev–Trinajstić information content (AvgIpc) is 3.17. The molecule has 0 bridgehead atoms. The second-order valence-electron chi connectivity index (χ2n) is 7.79. The third-order valence-corrected chi connectivity index (χ3v) is 5.62. The van der Waals surface area contributed by atoms with E-state index in [0.717, 1.165) is 35.4 Å². The maximum Gasteiger partial charge on any atom is 0.269 e. The van der Waals surface area contributed by atoms with Crippen LogP contribution in [0.3, 0.4) is 0 Å². The third kappa shape index (κ3) is 4.97. The van der Waals surface area contributed by atoms with Crippen molar-refractivity contribution < 1.29 is 9.53 Å². The van der Waals surface area contributed by atoms with E-state index in [1.165, 1.54) is 11.1 Å². The van der Waals surface area contributed by atoms with E-state index < -0.39 is 0 Å². The lowest BCUT2D eigenvalue weighted by molar-refractivity contribution is 0.0948. The van der Waals surface area contributed by atoms with Gasteiger partial charge in [0.15, 0.2) is 0 Å². The monoisotopic (exact) mass is 428 g/mol. The Hall–Kier alpha value is -3.67. The lowest BCUT2D eigenvalue weighted by atomic mass is 10.1. The van der Waals surface area contributed by atoms with Gasteiger partial charge in [-0.25, -0.2) is 4.98 Å². The molecule has 2 aromatic carbocycles. The van der Waals surface area contributed by atoms with Crippen LogP contribution in [0.2, 0.25) is 0 Å². The Labute approximate surface area is 188 Å². The Morgan fingerprint density at radius 3 is 2.72 bits per heavy atom. The molecule has 0 atom stereocenters. The summed E-state index contributed by atoms with van der Waals surface area (Å²) in [6.45, 7) is 6.02. The van der Waals surface area contributed by atoms with Crippen molar-refractivity contribution in [3.8, 4) is 5.75 Å². The van der Waals surface area contributed by atoms with Gasteiger partial charge in [-0.3, -0.25) is 9.78 Å². The summed E-state index contributed by atoms with van der Waals surface area (Å²) < 4.78 is 8.31. The van der Waals surface area contributed by atoms with Gasteiger partial charge in [0.1, 0.15) is 23.9 Å². The fraction of sp³-hybridized carbons (Fsp3) is 0.269. The molecule has 1 amide bonds. The summed E-state index contributed by atoms with van der Waals surface area (Å²) >= 11 is 0. The number of amides is 1. The molecule has 2 heterocycles. The maximum absolute atomic E-state index is 12.2. The second-order valence-corrected chi connectivity index (χ2v) is 7.79. The summed E-state index contributed by atoms with van der Waals surface area (Å²) in [7, 11) is 0. The van der Waals surface area contributed by atoms with Crippen LogP contribution in [-0.2, 0) is 13.0 Å². The topological polar surface area (TPSA) is 69.0 Å². The summed E-state index contributed by atoms with van der Waals surface area (Å²) in [4.78, 5) is 21.1. The van der Waals surface area contributed by atoms with Crippen LogP contribution in [0.15, 0.2) is 66.9 Å². The molecule has 0 aliphatic rings. The lowest BCUT2D eigenvalue weighted by Crippen LogP contribution is -2.25. The minimum atomic E-state index is -0.152. The zero-order valence-corrected chi connectivity index (χ0v) is 18.5. The number of hydrogen-bond acceptors (Lipinski definition) is 4. The van der Waals surface area contributed by atoms with Gasteiger partial charge in [0.25, 0.3) is 5.91 Å². The van der Waals surface area contributed by atoms with Crippen LogP contribution in [0.4, 0.5) is 0 Å². The van der Waals surface area contributed by atoms with E-state index in [-0.39, 0.29) is 5.91 Å². The van der Waals surface area contributed by atoms with Crippen LogP contribution >= 0.6 is 0 Å². The molecular formula is C26H28N4O2. The highest BCUT2D eigenvalue weighted by molar-refractivity contribution is 5.92. The molecule has 0 radical (unpaired) electrons. The first kappa shape index (κ1) is 21.6. The zero-order valence-electron chi connectivity index (χ0n) is 18.5. The molecule has 1 N–H and O–H groups in total. The van der Waals surface area contributed by atoms with Gasteiger partial charge >= 0.3 is 0 Å². The fourth-order valence-electron chi connectivity index (χ4n) is 3.73. The number of carbonyl (C=O) groups excluding carboxylic acids is 1. The van der Waals surface area contributed by atoms with Crippen molar-refractivity contribution in [2.24, 2.45) is 0 Å². The number of pyridine rings is 1. The summed E-state index contributed by atoms with van der Waals surface area (Å²) in [5.74, 6) is 1.78. The van der Waals surface area contributed by atoms with Gasteiger partial charge in [0.05, 0.1) is 17.6 Å². The third-order valence-electron chi connectivity index (χ3n) is 5.62. The molecule has 0 aliphatic heterocycles. The second kappa shape index (κ2) is 10.1. The van der Waals surface area contributed by atoms with Gasteiger partial charge in [-0.2, -0.15) is 0 Å². The number of fused-ring (bicyclic) bond motifs is 1. The number of aromatic nitrogens is 3. The van der Waals surface area contributed by atoms with Crippen molar-refractivity contribution in [1.29, 1.82) is 0 Å². The minimum Gasteiger partial charge on any atom is -0.491 e. The summed E-state index contributed by atoms with van der Waals surface area (Å²) in [6, 6.07) is 19.6. The van der Waals surface area contributed by atoms with E-state index in [1.807, 2.05) is 36.4 Å². The van der Waals surface area contributed by atoms with Crippen LogP contribution in [0.25, 0.3) is 11.0 Å².